The van der Waals surface area contributed by atoms with E-state index < -0.39 is 12.2 Å². The van der Waals surface area contributed by atoms with Gasteiger partial charge in [0.25, 0.3) is 0 Å². The predicted octanol–water partition coefficient (Wildman–Crippen LogP) is 5.66. The lowest BCUT2D eigenvalue weighted by molar-refractivity contribution is -0.140. The summed E-state index contributed by atoms with van der Waals surface area (Å²) in [6.45, 7) is 17.2. The normalized spacial score (nSPS) is 40.8. The van der Waals surface area contributed by atoms with Gasteiger partial charge in [-0.3, -0.25) is 0 Å². The summed E-state index contributed by atoms with van der Waals surface area (Å²) in [6, 6.07) is 0. The smallest absolute Gasteiger partial charge is 0.334 e. The number of hydrogen-bond acceptors (Lipinski definition) is 5. The molecule has 3 N–H and O–H groups in total. The Labute approximate surface area is 223 Å². The first-order chi connectivity index (χ1) is 17.4. The van der Waals surface area contributed by atoms with E-state index in [-0.39, 0.29) is 35.4 Å². The first-order valence-corrected chi connectivity index (χ1v) is 14.4. The number of carbonyl (C=O) groups excluding carboxylic acids is 1. The van der Waals surface area contributed by atoms with Crippen LogP contribution in [0.25, 0.3) is 0 Å². The zero-order chi connectivity index (χ0) is 27.1. The van der Waals surface area contributed by atoms with Gasteiger partial charge < -0.3 is 20.1 Å². The van der Waals surface area contributed by atoms with Gasteiger partial charge in [-0.2, -0.15) is 0 Å². The summed E-state index contributed by atoms with van der Waals surface area (Å²) in [4.78, 5) is 12.2. The molecular formula is C32H48O5. The molecule has 3 saturated carbocycles. The highest BCUT2D eigenvalue weighted by atomic mass is 16.6. The molecule has 0 radical (unpaired) electrons. The molecule has 4 fully saturated rings. The number of cyclic esters (lactones) is 1. The largest absolute Gasteiger partial charge is 0.458 e. The Hall–Kier alpha value is -1.69. The van der Waals surface area contributed by atoms with E-state index in [0.29, 0.717) is 48.2 Å². The minimum absolute atomic E-state index is 0.0653. The zero-order valence-corrected chi connectivity index (χ0v) is 23.3. The number of esters is 1. The van der Waals surface area contributed by atoms with Crippen LogP contribution in [0.5, 0.6) is 0 Å². The zero-order valence-electron chi connectivity index (χ0n) is 23.3. The highest BCUT2D eigenvalue weighted by Gasteiger charge is 2.53. The number of aliphatic hydroxyl groups excluding tert-OH is 3. The molecule has 206 valence electrons. The van der Waals surface area contributed by atoms with Gasteiger partial charge in [-0.1, -0.05) is 58.6 Å². The Morgan fingerprint density at radius 1 is 1.16 bits per heavy atom. The first kappa shape index (κ1) is 28.3. The molecule has 0 aromatic carbocycles. The minimum atomic E-state index is -0.765. The number of allylic oxidation sites excluding steroid dienone is 3. The molecule has 3 aliphatic carbocycles. The van der Waals surface area contributed by atoms with Crippen LogP contribution < -0.4 is 0 Å². The van der Waals surface area contributed by atoms with Crippen LogP contribution in [0.4, 0.5) is 0 Å². The fourth-order valence-electron chi connectivity index (χ4n) is 8.09. The average Bonchev–Trinajstić information content (AvgIpc) is 3.30. The lowest BCUT2D eigenvalue weighted by Crippen LogP contribution is -2.38. The van der Waals surface area contributed by atoms with Gasteiger partial charge in [0.15, 0.2) is 0 Å². The molecule has 1 saturated heterocycles. The topological polar surface area (TPSA) is 87.0 Å². The van der Waals surface area contributed by atoms with Crippen LogP contribution in [0.3, 0.4) is 0 Å². The molecule has 0 spiro atoms. The molecule has 0 bridgehead atoms. The summed E-state index contributed by atoms with van der Waals surface area (Å²) in [5, 5.41) is 30.6. The Kier molecular flexibility index (Phi) is 8.28. The Morgan fingerprint density at radius 2 is 1.89 bits per heavy atom. The van der Waals surface area contributed by atoms with E-state index >= 15 is 0 Å². The molecule has 0 aromatic heterocycles. The molecule has 4 aliphatic rings. The number of rotatable bonds is 7. The molecule has 0 amide bonds. The standard InChI is InChI=1S/C32H48O5/c1-19(17-28-31(4,5)21(3)30(36)37-28)25-13-14-26-22(9-7-15-32(25,26)6)11-12-23-18-27(34)24(10-8-16-33)29(35)20(23)2/h11-12,19,24-29,33-35H,2-3,7-10,13-18H2,1,4-6H3/b22-11-,23-12+/t19?,24?,25-,26+,27?,28?,29?,32-/m1/s1. The third-order valence-electron chi connectivity index (χ3n) is 10.7. The monoisotopic (exact) mass is 512 g/mol. The van der Waals surface area contributed by atoms with Crippen molar-refractivity contribution in [3.63, 3.8) is 0 Å². The quantitative estimate of drug-likeness (QED) is 0.303. The lowest BCUT2D eigenvalue weighted by Gasteiger charge is -2.45. The summed E-state index contributed by atoms with van der Waals surface area (Å²) in [6.07, 6.45) is 11.3. The van der Waals surface area contributed by atoms with Crippen molar-refractivity contribution < 1.29 is 24.9 Å². The van der Waals surface area contributed by atoms with E-state index in [1.54, 1.807) is 0 Å². The van der Waals surface area contributed by atoms with Gasteiger partial charge in [-0.05, 0) is 92.1 Å². The van der Waals surface area contributed by atoms with Crippen molar-refractivity contribution >= 4 is 5.97 Å². The van der Waals surface area contributed by atoms with Gasteiger partial charge in [0.1, 0.15) is 6.10 Å². The SMILES string of the molecule is C=C1/C(=C/C=C2/CCC[C@]3(C)[C@@H](C(C)CC4OC(=O)C(=C)C4(C)C)CC[C@@H]23)CC(O)C(CCCO)C1O. The van der Waals surface area contributed by atoms with E-state index in [1.165, 1.54) is 31.3 Å². The van der Waals surface area contributed by atoms with Gasteiger partial charge in [0.05, 0.1) is 12.2 Å². The molecule has 5 unspecified atom stereocenters. The molecular weight excluding hydrogens is 464 g/mol. The second-order valence-corrected chi connectivity index (χ2v) is 13.1. The molecule has 0 aromatic rings. The molecule has 5 nitrogen and oxygen atoms in total. The number of hydrogen-bond donors (Lipinski definition) is 3. The van der Waals surface area contributed by atoms with E-state index in [2.05, 4.69) is 53.0 Å². The summed E-state index contributed by atoms with van der Waals surface area (Å²) >= 11 is 0. The number of carbonyl (C=O) groups is 1. The number of ether oxygens (including phenoxy) is 1. The maximum absolute atomic E-state index is 12.2. The fourth-order valence-corrected chi connectivity index (χ4v) is 8.09. The Bertz CT molecular complexity index is 974. The van der Waals surface area contributed by atoms with Crippen LogP contribution >= 0.6 is 0 Å². The summed E-state index contributed by atoms with van der Waals surface area (Å²) < 4.78 is 5.75. The van der Waals surface area contributed by atoms with Gasteiger partial charge in [-0.25, -0.2) is 4.79 Å². The molecule has 5 heteroatoms. The molecule has 8 atom stereocenters. The third kappa shape index (κ3) is 5.16. The second kappa shape index (κ2) is 10.8. The van der Waals surface area contributed by atoms with Crippen molar-refractivity contribution in [3.05, 3.63) is 47.6 Å². The van der Waals surface area contributed by atoms with E-state index in [1.807, 2.05) is 0 Å². The van der Waals surface area contributed by atoms with Crippen LogP contribution in [0.15, 0.2) is 47.6 Å². The van der Waals surface area contributed by atoms with Crippen molar-refractivity contribution in [1.29, 1.82) is 0 Å². The van der Waals surface area contributed by atoms with Crippen molar-refractivity contribution in [2.75, 3.05) is 6.61 Å². The summed E-state index contributed by atoms with van der Waals surface area (Å²) in [5.74, 6) is 1.06. The van der Waals surface area contributed by atoms with Crippen LogP contribution in [-0.4, -0.2) is 46.2 Å². The predicted molar refractivity (Wildman–Crippen MR) is 147 cm³/mol. The van der Waals surface area contributed by atoms with Gasteiger partial charge in [-0.15, -0.1) is 0 Å². The van der Waals surface area contributed by atoms with Gasteiger partial charge in [0.2, 0.25) is 0 Å². The maximum atomic E-state index is 12.2. The average molecular weight is 513 g/mol. The number of aliphatic hydroxyl groups is 3. The summed E-state index contributed by atoms with van der Waals surface area (Å²) in [5.41, 5.74) is 3.63. The van der Waals surface area contributed by atoms with E-state index in [0.717, 1.165) is 18.4 Å². The fraction of sp³-hybridized carbons (Fsp3) is 0.719. The van der Waals surface area contributed by atoms with Crippen molar-refractivity contribution in [2.24, 2.45) is 34.5 Å². The van der Waals surface area contributed by atoms with Crippen molar-refractivity contribution in [3.8, 4) is 0 Å². The maximum Gasteiger partial charge on any atom is 0.334 e. The molecule has 1 aliphatic heterocycles. The van der Waals surface area contributed by atoms with E-state index in [9.17, 15) is 15.0 Å². The molecule has 37 heavy (non-hydrogen) atoms. The summed E-state index contributed by atoms with van der Waals surface area (Å²) in [7, 11) is 0. The lowest BCUT2D eigenvalue weighted by atomic mass is 9.60. The van der Waals surface area contributed by atoms with E-state index in [4.69, 9.17) is 9.84 Å². The minimum Gasteiger partial charge on any atom is -0.458 e. The van der Waals surface area contributed by atoms with Gasteiger partial charge >= 0.3 is 5.97 Å². The van der Waals surface area contributed by atoms with Crippen LogP contribution in [0.2, 0.25) is 0 Å². The Morgan fingerprint density at radius 3 is 2.54 bits per heavy atom. The third-order valence-corrected chi connectivity index (χ3v) is 10.7. The molecule has 1 heterocycles. The second-order valence-electron chi connectivity index (χ2n) is 13.1. The highest BCUT2D eigenvalue weighted by Crippen LogP contribution is 2.60. The van der Waals surface area contributed by atoms with Crippen LogP contribution in [0, 0.1) is 34.5 Å². The highest BCUT2D eigenvalue weighted by molar-refractivity contribution is 5.91. The van der Waals surface area contributed by atoms with Crippen molar-refractivity contribution in [2.45, 2.75) is 104 Å². The molecule has 4 rings (SSSR count). The van der Waals surface area contributed by atoms with Crippen LogP contribution in [-0.2, 0) is 9.53 Å². The number of fused-ring (bicyclic) bond motifs is 1. The van der Waals surface area contributed by atoms with Gasteiger partial charge in [0, 0.05) is 23.5 Å². The van der Waals surface area contributed by atoms with Crippen molar-refractivity contribution in [1.82, 2.24) is 0 Å². The first-order valence-electron chi connectivity index (χ1n) is 14.4. The Balaban J connectivity index is 1.47. The van der Waals surface area contributed by atoms with Crippen LogP contribution in [0.1, 0.15) is 85.5 Å².